The van der Waals surface area contributed by atoms with Crippen molar-refractivity contribution in [3.63, 3.8) is 0 Å². The van der Waals surface area contributed by atoms with Crippen molar-refractivity contribution in [1.29, 1.82) is 0 Å². The molecule has 0 rings (SSSR count). The molecule has 17 heavy (non-hydrogen) atoms. The summed E-state index contributed by atoms with van der Waals surface area (Å²) in [7, 11) is 0. The zero-order valence-corrected chi connectivity index (χ0v) is 9.71. The first kappa shape index (κ1) is 18.1. The Morgan fingerprint density at radius 2 is 1.47 bits per heavy atom. The Morgan fingerprint density at radius 3 is 1.53 bits per heavy atom. The Hall–Kier alpha value is -1.31. The molecule has 0 bridgehead atoms. The van der Waals surface area contributed by atoms with E-state index in [1.807, 2.05) is 20.8 Å². The normalized spacial score (nSPS) is 13.4. The molecule has 0 fully saturated rings. The van der Waals surface area contributed by atoms with Crippen molar-refractivity contribution in [2.45, 2.75) is 39.4 Å². The van der Waals surface area contributed by atoms with Gasteiger partial charge in [0.2, 0.25) is 0 Å². The molecule has 0 saturated carbocycles. The topological polar surface area (TPSA) is 101 Å². The van der Waals surface area contributed by atoms with Gasteiger partial charge >= 0.3 is 18.1 Å². The van der Waals surface area contributed by atoms with Crippen LogP contribution < -0.4 is 5.73 Å². The van der Waals surface area contributed by atoms with Crippen LogP contribution in [0.4, 0.5) is 13.2 Å². The molecular formula is C9H16F3NO4. The number of halogens is 3. The van der Waals surface area contributed by atoms with Gasteiger partial charge < -0.3 is 15.9 Å². The third-order valence-electron chi connectivity index (χ3n) is 1.39. The van der Waals surface area contributed by atoms with Crippen LogP contribution in [0.15, 0.2) is 0 Å². The summed E-state index contributed by atoms with van der Waals surface area (Å²) < 4.78 is 31.7. The molecule has 0 saturated heterocycles. The highest BCUT2D eigenvalue weighted by molar-refractivity contribution is 5.73. The summed E-state index contributed by atoms with van der Waals surface area (Å²) in [5.74, 6) is -3.68. The third kappa shape index (κ3) is 12.6. The van der Waals surface area contributed by atoms with Crippen molar-refractivity contribution in [2.24, 2.45) is 11.1 Å². The molecule has 0 radical (unpaired) electrons. The van der Waals surface area contributed by atoms with Crippen LogP contribution in [-0.2, 0) is 9.59 Å². The summed E-state index contributed by atoms with van der Waals surface area (Å²) >= 11 is 0. The van der Waals surface area contributed by atoms with Gasteiger partial charge in [0, 0.05) is 0 Å². The van der Waals surface area contributed by atoms with Crippen LogP contribution in [0.3, 0.4) is 0 Å². The van der Waals surface area contributed by atoms with Crippen LogP contribution in [0.1, 0.15) is 27.2 Å². The Labute approximate surface area is 96.4 Å². The number of carboxylic acids is 2. The second-order valence-corrected chi connectivity index (χ2v) is 4.51. The molecule has 0 spiro atoms. The van der Waals surface area contributed by atoms with E-state index in [9.17, 15) is 18.0 Å². The molecule has 102 valence electrons. The van der Waals surface area contributed by atoms with E-state index in [-0.39, 0.29) is 5.41 Å². The fourth-order valence-corrected chi connectivity index (χ4v) is 0.747. The molecule has 0 aliphatic heterocycles. The Kier molecular flexibility index (Phi) is 6.83. The quantitative estimate of drug-likeness (QED) is 0.697. The number of rotatable bonds is 2. The van der Waals surface area contributed by atoms with Crippen LogP contribution >= 0.6 is 0 Å². The summed E-state index contributed by atoms with van der Waals surface area (Å²) in [6.07, 6.45) is -4.57. The fourth-order valence-electron chi connectivity index (χ4n) is 0.747. The van der Waals surface area contributed by atoms with Crippen molar-refractivity contribution >= 4 is 11.9 Å². The summed E-state index contributed by atoms with van der Waals surface area (Å²) in [6.45, 7) is 5.90. The lowest BCUT2D eigenvalue weighted by Gasteiger charge is -2.20. The minimum absolute atomic E-state index is 0.00218. The standard InChI is InChI=1S/C7H15NO2.C2HF3O2/c1-7(2,3)4-5(8)6(9)10;3-2(4,5)1(6)7/h5H,4,8H2,1-3H3,(H,9,10);(H,6,7). The summed E-state index contributed by atoms with van der Waals surface area (Å²) in [5, 5.41) is 15.5. The van der Waals surface area contributed by atoms with Gasteiger partial charge in [0.1, 0.15) is 6.04 Å². The van der Waals surface area contributed by atoms with E-state index in [0.29, 0.717) is 6.42 Å². The highest BCUT2D eigenvalue weighted by Crippen LogP contribution is 2.19. The first-order valence-electron chi connectivity index (χ1n) is 4.56. The molecule has 0 aromatic carbocycles. The van der Waals surface area contributed by atoms with Gasteiger partial charge in [-0.2, -0.15) is 13.2 Å². The predicted molar refractivity (Wildman–Crippen MR) is 53.4 cm³/mol. The number of hydrogen-bond donors (Lipinski definition) is 3. The maximum absolute atomic E-state index is 10.6. The van der Waals surface area contributed by atoms with E-state index in [2.05, 4.69) is 0 Å². The smallest absolute Gasteiger partial charge is 0.480 e. The molecule has 0 amide bonds. The first-order chi connectivity index (χ1) is 7.27. The Bertz CT molecular complexity index is 270. The highest BCUT2D eigenvalue weighted by Gasteiger charge is 2.38. The number of alkyl halides is 3. The molecule has 0 heterocycles. The van der Waals surface area contributed by atoms with Gasteiger partial charge in [-0.15, -0.1) is 0 Å². The molecule has 5 nitrogen and oxygen atoms in total. The molecule has 0 aliphatic carbocycles. The maximum atomic E-state index is 10.6. The lowest BCUT2D eigenvalue weighted by atomic mass is 9.88. The van der Waals surface area contributed by atoms with Crippen LogP contribution in [0.2, 0.25) is 0 Å². The van der Waals surface area contributed by atoms with Crippen LogP contribution in [0, 0.1) is 5.41 Å². The lowest BCUT2D eigenvalue weighted by molar-refractivity contribution is -0.192. The van der Waals surface area contributed by atoms with Crippen LogP contribution in [0.5, 0.6) is 0 Å². The molecule has 4 N–H and O–H groups in total. The van der Waals surface area contributed by atoms with Gasteiger partial charge in [0.05, 0.1) is 0 Å². The summed E-state index contributed by atoms with van der Waals surface area (Å²) in [4.78, 5) is 19.1. The SMILES string of the molecule is CC(C)(C)CC(N)C(=O)O.O=C(O)C(F)(F)F. The average molecular weight is 259 g/mol. The second kappa shape index (κ2) is 6.43. The fraction of sp³-hybridized carbons (Fsp3) is 0.778. The van der Waals surface area contributed by atoms with Gasteiger partial charge in [0.25, 0.3) is 0 Å². The van der Waals surface area contributed by atoms with Crippen molar-refractivity contribution < 1.29 is 33.0 Å². The molecular weight excluding hydrogens is 243 g/mol. The minimum atomic E-state index is -5.08. The number of hydrogen-bond acceptors (Lipinski definition) is 3. The van der Waals surface area contributed by atoms with Gasteiger partial charge in [-0.25, -0.2) is 4.79 Å². The molecule has 1 unspecified atom stereocenters. The first-order valence-corrected chi connectivity index (χ1v) is 4.56. The second-order valence-electron chi connectivity index (χ2n) is 4.51. The van der Waals surface area contributed by atoms with Crippen molar-refractivity contribution in [1.82, 2.24) is 0 Å². The van der Waals surface area contributed by atoms with E-state index >= 15 is 0 Å². The maximum Gasteiger partial charge on any atom is 0.490 e. The zero-order valence-electron chi connectivity index (χ0n) is 9.71. The van der Waals surface area contributed by atoms with Crippen molar-refractivity contribution in [2.75, 3.05) is 0 Å². The minimum Gasteiger partial charge on any atom is -0.480 e. The molecule has 0 aliphatic rings. The highest BCUT2D eigenvalue weighted by atomic mass is 19.4. The van der Waals surface area contributed by atoms with Crippen molar-refractivity contribution in [3.8, 4) is 0 Å². The molecule has 8 heteroatoms. The van der Waals surface area contributed by atoms with Gasteiger partial charge in [-0.05, 0) is 11.8 Å². The third-order valence-corrected chi connectivity index (χ3v) is 1.39. The number of aliphatic carboxylic acids is 2. The van der Waals surface area contributed by atoms with E-state index in [0.717, 1.165) is 0 Å². The Morgan fingerprint density at radius 1 is 1.18 bits per heavy atom. The van der Waals surface area contributed by atoms with Gasteiger partial charge in [-0.1, -0.05) is 20.8 Å². The zero-order chi connectivity index (χ0) is 14.4. The number of nitrogens with two attached hydrogens (primary N) is 1. The van der Waals surface area contributed by atoms with Gasteiger partial charge in [-0.3, -0.25) is 4.79 Å². The summed E-state index contributed by atoms with van der Waals surface area (Å²) in [6, 6.07) is -0.722. The van der Waals surface area contributed by atoms with E-state index in [1.165, 1.54) is 0 Å². The number of carboxylic acid groups (broad SMARTS) is 2. The van der Waals surface area contributed by atoms with Crippen LogP contribution in [-0.4, -0.2) is 34.4 Å². The Balaban J connectivity index is 0. The van der Waals surface area contributed by atoms with Crippen molar-refractivity contribution in [3.05, 3.63) is 0 Å². The molecule has 0 aromatic heterocycles. The summed E-state index contributed by atoms with van der Waals surface area (Å²) in [5.41, 5.74) is 5.30. The largest absolute Gasteiger partial charge is 0.490 e. The lowest BCUT2D eigenvalue weighted by Crippen LogP contribution is -2.34. The van der Waals surface area contributed by atoms with E-state index in [1.54, 1.807) is 0 Å². The predicted octanol–water partition coefficient (Wildman–Crippen LogP) is 1.47. The molecule has 1 atom stereocenters. The number of carbonyl (C=O) groups is 2. The average Bonchev–Trinajstić information content (AvgIpc) is 1.99. The molecule has 0 aromatic rings. The van der Waals surface area contributed by atoms with Crippen LogP contribution in [0.25, 0.3) is 0 Å². The van der Waals surface area contributed by atoms with Gasteiger partial charge in [0.15, 0.2) is 0 Å². The van der Waals surface area contributed by atoms with E-state index in [4.69, 9.17) is 20.7 Å². The monoisotopic (exact) mass is 259 g/mol. The van der Waals surface area contributed by atoms with E-state index < -0.39 is 24.2 Å².